The van der Waals surface area contributed by atoms with E-state index in [9.17, 15) is 9.59 Å². The number of carbonyl (C=O) groups excluding carboxylic acids is 1. The van der Waals surface area contributed by atoms with Crippen LogP contribution in [0.4, 0.5) is 5.13 Å². The minimum atomic E-state index is -0.545. The van der Waals surface area contributed by atoms with Crippen LogP contribution < -0.4 is 15.4 Å². The van der Waals surface area contributed by atoms with Gasteiger partial charge in [-0.2, -0.15) is 0 Å². The van der Waals surface area contributed by atoms with Gasteiger partial charge in [0.15, 0.2) is 10.7 Å². The Hall–Kier alpha value is -2.92. The van der Waals surface area contributed by atoms with E-state index in [2.05, 4.69) is 4.90 Å². The number of methoxy groups -OCH3 is 1. The minimum Gasteiger partial charge on any atom is -0.497 e. The lowest BCUT2D eigenvalue weighted by molar-refractivity contribution is -0.119. The van der Waals surface area contributed by atoms with Crippen molar-refractivity contribution in [2.24, 2.45) is 0 Å². The van der Waals surface area contributed by atoms with Crippen LogP contribution in [-0.4, -0.2) is 66.9 Å². The van der Waals surface area contributed by atoms with Gasteiger partial charge in [0.05, 0.1) is 36.1 Å². The molecule has 0 spiro atoms. The van der Waals surface area contributed by atoms with Crippen molar-refractivity contribution >= 4 is 56.1 Å². The monoisotopic (exact) mass is 518 g/mol. The normalized spacial score (nSPS) is 14.2. The molecule has 1 aliphatic rings. The van der Waals surface area contributed by atoms with Crippen LogP contribution in [0.5, 0.6) is 5.75 Å². The highest BCUT2D eigenvalue weighted by Gasteiger charge is 2.23. The van der Waals surface area contributed by atoms with Crippen molar-refractivity contribution in [1.29, 1.82) is 0 Å². The van der Waals surface area contributed by atoms with Crippen LogP contribution in [0.2, 0.25) is 0 Å². The van der Waals surface area contributed by atoms with E-state index in [-0.39, 0.29) is 24.9 Å². The zero-order valence-electron chi connectivity index (χ0n) is 19.3. The van der Waals surface area contributed by atoms with Gasteiger partial charge in [0.2, 0.25) is 5.91 Å². The molecule has 35 heavy (non-hydrogen) atoms. The Labute approximate surface area is 212 Å². The second-order valence-electron chi connectivity index (χ2n) is 8.10. The van der Waals surface area contributed by atoms with Crippen LogP contribution >= 0.6 is 23.7 Å². The van der Waals surface area contributed by atoms with Crippen molar-refractivity contribution in [3.05, 3.63) is 53.0 Å². The summed E-state index contributed by atoms with van der Waals surface area (Å²) in [5.41, 5.74) is 1.84. The van der Waals surface area contributed by atoms with Crippen LogP contribution in [-0.2, 0) is 16.1 Å². The maximum absolute atomic E-state index is 13.5. The summed E-state index contributed by atoms with van der Waals surface area (Å²) in [5, 5.41) is 0.607. The number of ether oxygens (including phenoxy) is 2. The smallest absolute Gasteiger partial charge is 0.420 e. The molecule has 3 heterocycles. The summed E-state index contributed by atoms with van der Waals surface area (Å²) >= 11 is 1.45. The Bertz CT molecular complexity index is 1360. The van der Waals surface area contributed by atoms with E-state index >= 15 is 0 Å². The molecule has 0 aliphatic carbocycles. The molecule has 1 amide bonds. The zero-order valence-corrected chi connectivity index (χ0v) is 21.0. The highest BCUT2D eigenvalue weighted by molar-refractivity contribution is 7.22. The van der Waals surface area contributed by atoms with Gasteiger partial charge >= 0.3 is 5.76 Å². The van der Waals surface area contributed by atoms with E-state index in [0.717, 1.165) is 49.5 Å². The molecule has 1 saturated heterocycles. The number of aromatic nitrogens is 2. The number of fused-ring (bicyclic) bond motifs is 2. The molecule has 9 nitrogen and oxygen atoms in total. The number of carbonyl (C=O) groups is 1. The quantitative estimate of drug-likeness (QED) is 0.353. The highest BCUT2D eigenvalue weighted by atomic mass is 35.5. The number of thiazole rings is 1. The number of para-hydroxylation sites is 2. The Kier molecular flexibility index (Phi) is 8.07. The van der Waals surface area contributed by atoms with Crippen molar-refractivity contribution in [1.82, 2.24) is 14.5 Å². The van der Waals surface area contributed by atoms with Gasteiger partial charge in [0, 0.05) is 32.2 Å². The van der Waals surface area contributed by atoms with Crippen LogP contribution in [0.15, 0.2) is 51.7 Å². The topological polar surface area (TPSA) is 90.0 Å². The van der Waals surface area contributed by atoms with Crippen LogP contribution in [0.3, 0.4) is 0 Å². The molecule has 11 heteroatoms. The average Bonchev–Trinajstić information content (AvgIpc) is 3.42. The summed E-state index contributed by atoms with van der Waals surface area (Å²) in [4.78, 5) is 34.7. The second-order valence-corrected chi connectivity index (χ2v) is 9.11. The molecule has 0 N–H and O–H groups in total. The number of hydrogen-bond donors (Lipinski definition) is 0. The first-order valence-electron chi connectivity index (χ1n) is 11.3. The lowest BCUT2D eigenvalue weighted by Crippen LogP contribution is -2.40. The van der Waals surface area contributed by atoms with E-state index in [1.54, 1.807) is 30.2 Å². The third kappa shape index (κ3) is 5.51. The van der Waals surface area contributed by atoms with Crippen molar-refractivity contribution < 1.29 is 18.7 Å². The molecular weight excluding hydrogens is 492 g/mol. The van der Waals surface area contributed by atoms with Crippen molar-refractivity contribution in [3.63, 3.8) is 0 Å². The molecule has 5 rings (SSSR count). The van der Waals surface area contributed by atoms with E-state index < -0.39 is 5.76 Å². The number of oxazole rings is 1. The largest absolute Gasteiger partial charge is 0.497 e. The van der Waals surface area contributed by atoms with Crippen LogP contribution in [0.25, 0.3) is 21.3 Å². The highest BCUT2D eigenvalue weighted by Crippen LogP contribution is 2.31. The Morgan fingerprint density at radius 2 is 2.00 bits per heavy atom. The molecule has 2 aromatic heterocycles. The first-order valence-corrected chi connectivity index (χ1v) is 12.1. The lowest BCUT2D eigenvalue weighted by Gasteiger charge is -2.27. The molecule has 0 saturated carbocycles. The minimum absolute atomic E-state index is 0. The summed E-state index contributed by atoms with van der Waals surface area (Å²) in [7, 11) is 1.61. The summed E-state index contributed by atoms with van der Waals surface area (Å²) in [5.74, 6) is -0.0375. The van der Waals surface area contributed by atoms with E-state index in [1.807, 2.05) is 24.3 Å². The number of amides is 1. The molecule has 4 aromatic rings. The fourth-order valence-electron chi connectivity index (χ4n) is 4.13. The second kappa shape index (κ2) is 11.2. The van der Waals surface area contributed by atoms with Gasteiger partial charge in [0.25, 0.3) is 0 Å². The first kappa shape index (κ1) is 25.2. The van der Waals surface area contributed by atoms with Gasteiger partial charge in [-0.1, -0.05) is 23.5 Å². The maximum atomic E-state index is 13.5. The number of hydrogen-bond acceptors (Lipinski definition) is 8. The van der Waals surface area contributed by atoms with Gasteiger partial charge < -0.3 is 13.9 Å². The van der Waals surface area contributed by atoms with E-state index in [4.69, 9.17) is 18.9 Å². The number of morpholine rings is 1. The SMILES string of the molecule is COc1ccc2sc(N(CCCN3CCOCC3)C(=O)Cn3c(=O)oc4ccccc43)nc2c1.Cl. The number of rotatable bonds is 8. The number of benzene rings is 2. The van der Waals surface area contributed by atoms with E-state index in [1.165, 1.54) is 15.9 Å². The van der Waals surface area contributed by atoms with Crippen molar-refractivity contribution in [3.8, 4) is 5.75 Å². The van der Waals surface area contributed by atoms with Crippen molar-refractivity contribution in [2.75, 3.05) is 51.4 Å². The maximum Gasteiger partial charge on any atom is 0.420 e. The number of halogens is 1. The summed E-state index contributed by atoms with van der Waals surface area (Å²) in [6.07, 6.45) is 0.784. The molecule has 0 unspecified atom stereocenters. The van der Waals surface area contributed by atoms with Crippen LogP contribution in [0, 0.1) is 0 Å². The van der Waals surface area contributed by atoms with Gasteiger partial charge in [0.1, 0.15) is 12.3 Å². The van der Waals surface area contributed by atoms with Crippen LogP contribution in [0.1, 0.15) is 6.42 Å². The lowest BCUT2D eigenvalue weighted by atomic mass is 10.3. The third-order valence-corrected chi connectivity index (χ3v) is 7.00. The van der Waals surface area contributed by atoms with Gasteiger partial charge in [-0.05, 0) is 30.7 Å². The van der Waals surface area contributed by atoms with Crippen molar-refractivity contribution in [2.45, 2.75) is 13.0 Å². The Morgan fingerprint density at radius 1 is 1.20 bits per heavy atom. The fourth-order valence-corrected chi connectivity index (χ4v) is 5.12. The number of anilines is 1. The fraction of sp³-hybridized carbons (Fsp3) is 0.375. The molecule has 2 aromatic carbocycles. The molecule has 0 bridgehead atoms. The third-order valence-electron chi connectivity index (χ3n) is 5.94. The standard InChI is InChI=1S/C24H26N4O5S.ClH/c1-31-17-7-8-21-18(15-17)25-23(34-21)27(10-4-9-26-11-13-32-14-12-26)22(29)16-28-19-5-2-3-6-20(19)33-24(28)30;/h2-3,5-8,15H,4,9-14,16H2,1H3;1H. The molecule has 186 valence electrons. The van der Waals surface area contributed by atoms with Gasteiger partial charge in [-0.3, -0.25) is 19.2 Å². The number of nitrogens with zero attached hydrogens (tertiary/aromatic N) is 4. The Balaban J connectivity index is 0.00000289. The molecule has 1 aliphatic heterocycles. The van der Waals surface area contributed by atoms with Gasteiger partial charge in [-0.15, -0.1) is 12.4 Å². The molecule has 0 atom stereocenters. The molecule has 0 radical (unpaired) electrons. The predicted molar refractivity (Wildman–Crippen MR) is 138 cm³/mol. The average molecular weight is 519 g/mol. The predicted octanol–water partition coefficient (Wildman–Crippen LogP) is 3.39. The summed E-state index contributed by atoms with van der Waals surface area (Å²) in [6, 6.07) is 12.8. The summed E-state index contributed by atoms with van der Waals surface area (Å²) < 4.78 is 18.4. The Morgan fingerprint density at radius 3 is 2.80 bits per heavy atom. The first-order chi connectivity index (χ1) is 16.6. The molecule has 1 fully saturated rings. The zero-order chi connectivity index (χ0) is 23.5. The molecular formula is C24H27ClN4O5S. The summed E-state index contributed by atoms with van der Waals surface area (Å²) in [6.45, 7) is 4.50. The van der Waals surface area contributed by atoms with Gasteiger partial charge in [-0.25, -0.2) is 9.78 Å². The van der Waals surface area contributed by atoms with E-state index in [0.29, 0.717) is 28.5 Å².